The Bertz CT molecular complexity index is 736. The predicted molar refractivity (Wildman–Crippen MR) is 105 cm³/mol. The first-order valence-corrected chi connectivity index (χ1v) is 8.82. The number of aliphatic hydroxyl groups is 1. The minimum atomic E-state index is -0.398. The van der Waals surface area contributed by atoms with Crippen LogP contribution in [0.4, 0.5) is 10.1 Å². The van der Waals surface area contributed by atoms with E-state index in [1.165, 1.54) is 17.7 Å². The Kier molecular flexibility index (Phi) is 10.1. The van der Waals surface area contributed by atoms with Gasteiger partial charge in [-0.25, -0.2) is 4.39 Å². The van der Waals surface area contributed by atoms with Crippen LogP contribution < -0.4 is 10.2 Å². The van der Waals surface area contributed by atoms with Gasteiger partial charge in [0.25, 0.3) is 0 Å². The van der Waals surface area contributed by atoms with Gasteiger partial charge in [0.1, 0.15) is 5.82 Å². The Morgan fingerprint density at radius 1 is 1.26 bits per heavy atom. The number of aryl methyl sites for hydroxylation is 1. The van der Waals surface area contributed by atoms with Crippen LogP contribution in [0.25, 0.3) is 0 Å². The smallest absolute Gasteiger partial charge is 0.227 e. The van der Waals surface area contributed by atoms with Crippen LogP contribution in [-0.2, 0) is 16.1 Å². The Morgan fingerprint density at radius 3 is 2.52 bits per heavy atom. The first-order valence-electron chi connectivity index (χ1n) is 8.44. The summed E-state index contributed by atoms with van der Waals surface area (Å²) in [6.07, 6.45) is 2.25. The summed E-state index contributed by atoms with van der Waals surface area (Å²) < 4.78 is 12.7. The van der Waals surface area contributed by atoms with Gasteiger partial charge in [-0.2, -0.15) is 0 Å². The zero-order valence-corrected chi connectivity index (χ0v) is 16.2. The SMILES string of the molecule is CO.Cc1ccccc1N1CCCC1=O.O=CNCc1cc(F)cc(Cl)c1. The third-order valence-corrected chi connectivity index (χ3v) is 4.01. The van der Waals surface area contributed by atoms with Crippen LogP contribution in [0.3, 0.4) is 0 Å². The fourth-order valence-electron chi connectivity index (χ4n) is 2.64. The number of nitrogens with zero attached hydrogens (tertiary/aromatic N) is 1. The molecule has 2 aromatic carbocycles. The second kappa shape index (κ2) is 12.0. The molecule has 7 heteroatoms. The van der Waals surface area contributed by atoms with E-state index in [0.29, 0.717) is 30.0 Å². The van der Waals surface area contributed by atoms with E-state index in [0.717, 1.165) is 25.8 Å². The van der Waals surface area contributed by atoms with Gasteiger partial charge < -0.3 is 15.3 Å². The maximum absolute atomic E-state index is 12.7. The van der Waals surface area contributed by atoms with E-state index in [1.54, 1.807) is 6.07 Å². The zero-order chi connectivity index (χ0) is 20.2. The van der Waals surface area contributed by atoms with Gasteiger partial charge in [-0.05, 0) is 48.7 Å². The molecule has 3 rings (SSSR count). The molecular formula is C20H24ClFN2O3. The Balaban J connectivity index is 0.000000248. The average molecular weight is 395 g/mol. The number of rotatable bonds is 4. The minimum absolute atomic E-state index is 0.259. The van der Waals surface area contributed by atoms with Gasteiger partial charge in [0.2, 0.25) is 12.3 Å². The van der Waals surface area contributed by atoms with Gasteiger partial charge in [0.05, 0.1) is 0 Å². The van der Waals surface area contributed by atoms with Crippen molar-refractivity contribution in [3.8, 4) is 0 Å². The van der Waals surface area contributed by atoms with Crippen molar-refractivity contribution >= 4 is 29.6 Å². The average Bonchev–Trinajstić information content (AvgIpc) is 3.08. The summed E-state index contributed by atoms with van der Waals surface area (Å²) in [4.78, 5) is 23.2. The highest BCUT2D eigenvalue weighted by atomic mass is 35.5. The molecule has 1 aliphatic rings. The number of carbonyl (C=O) groups excluding carboxylic acids is 2. The maximum Gasteiger partial charge on any atom is 0.227 e. The van der Waals surface area contributed by atoms with E-state index in [-0.39, 0.29) is 5.91 Å². The lowest BCUT2D eigenvalue weighted by atomic mass is 10.2. The number of benzene rings is 2. The molecule has 1 fully saturated rings. The minimum Gasteiger partial charge on any atom is -0.400 e. The van der Waals surface area contributed by atoms with Crippen molar-refractivity contribution < 1.29 is 19.1 Å². The van der Waals surface area contributed by atoms with E-state index in [2.05, 4.69) is 5.32 Å². The summed E-state index contributed by atoms with van der Waals surface area (Å²) in [5.41, 5.74) is 2.90. The van der Waals surface area contributed by atoms with Crippen molar-refractivity contribution in [2.24, 2.45) is 0 Å². The molecule has 2 aromatic rings. The number of hydrogen-bond acceptors (Lipinski definition) is 3. The lowest BCUT2D eigenvalue weighted by molar-refractivity contribution is -0.117. The van der Waals surface area contributed by atoms with Gasteiger partial charge in [-0.3, -0.25) is 9.59 Å². The molecule has 0 aromatic heterocycles. The van der Waals surface area contributed by atoms with E-state index in [4.69, 9.17) is 16.7 Å². The first-order chi connectivity index (χ1) is 13.0. The van der Waals surface area contributed by atoms with E-state index in [9.17, 15) is 14.0 Å². The fraction of sp³-hybridized carbons (Fsp3) is 0.300. The molecule has 1 saturated heterocycles. The zero-order valence-electron chi connectivity index (χ0n) is 15.4. The molecule has 27 heavy (non-hydrogen) atoms. The normalized spacial score (nSPS) is 12.5. The molecule has 5 nitrogen and oxygen atoms in total. The lowest BCUT2D eigenvalue weighted by Crippen LogP contribution is -2.24. The van der Waals surface area contributed by atoms with Crippen molar-refractivity contribution in [2.75, 3.05) is 18.6 Å². The standard InChI is InChI=1S/C11H13NO.C8H7ClFNO.CH4O/c1-9-5-2-3-6-10(9)12-8-4-7-11(12)13;9-7-1-6(4-11-5-12)2-8(10)3-7;1-2/h2-3,5-6H,4,7-8H2,1H3;1-3,5H,4H2,(H,11,12);2H,1H3. The largest absolute Gasteiger partial charge is 0.400 e. The molecule has 0 atom stereocenters. The molecule has 146 valence electrons. The highest BCUT2D eigenvalue weighted by Crippen LogP contribution is 2.24. The summed E-state index contributed by atoms with van der Waals surface area (Å²) in [5, 5.41) is 9.74. The molecule has 0 spiro atoms. The Morgan fingerprint density at radius 2 is 1.96 bits per heavy atom. The van der Waals surface area contributed by atoms with Crippen molar-refractivity contribution in [1.29, 1.82) is 0 Å². The Labute approximate surface area is 163 Å². The third kappa shape index (κ3) is 7.37. The molecule has 0 saturated carbocycles. The molecule has 0 unspecified atom stereocenters. The molecule has 0 radical (unpaired) electrons. The lowest BCUT2D eigenvalue weighted by Gasteiger charge is -2.17. The first kappa shape index (κ1) is 22.6. The predicted octanol–water partition coefficient (Wildman–Crippen LogP) is 3.46. The number of carbonyl (C=O) groups is 2. The van der Waals surface area contributed by atoms with E-state index < -0.39 is 5.82 Å². The number of nitrogens with one attached hydrogen (secondary N) is 1. The molecule has 1 heterocycles. The summed E-state index contributed by atoms with van der Waals surface area (Å²) in [6.45, 7) is 3.21. The number of halogens is 2. The van der Waals surface area contributed by atoms with E-state index >= 15 is 0 Å². The van der Waals surface area contributed by atoms with Gasteiger partial charge in [0.15, 0.2) is 0 Å². The molecule has 0 aliphatic carbocycles. The van der Waals surface area contributed by atoms with Crippen molar-refractivity contribution in [3.63, 3.8) is 0 Å². The number of aliphatic hydroxyl groups excluding tert-OH is 1. The summed E-state index contributed by atoms with van der Waals surface area (Å²) in [5.74, 6) is -0.139. The van der Waals surface area contributed by atoms with Crippen molar-refractivity contribution in [1.82, 2.24) is 5.32 Å². The van der Waals surface area contributed by atoms with Gasteiger partial charge in [-0.15, -0.1) is 0 Å². The molecule has 1 aliphatic heterocycles. The monoisotopic (exact) mass is 394 g/mol. The van der Waals surface area contributed by atoms with Gasteiger partial charge in [0, 0.05) is 37.3 Å². The summed E-state index contributed by atoms with van der Waals surface area (Å²) in [7, 11) is 1.00. The highest BCUT2D eigenvalue weighted by molar-refractivity contribution is 6.30. The van der Waals surface area contributed by atoms with Crippen LogP contribution in [0.5, 0.6) is 0 Å². The van der Waals surface area contributed by atoms with Crippen LogP contribution in [0, 0.1) is 12.7 Å². The molecule has 0 bridgehead atoms. The van der Waals surface area contributed by atoms with E-state index in [1.807, 2.05) is 36.1 Å². The highest BCUT2D eigenvalue weighted by Gasteiger charge is 2.22. The van der Waals surface area contributed by atoms with Crippen LogP contribution in [0.2, 0.25) is 5.02 Å². The van der Waals surface area contributed by atoms with Crippen molar-refractivity contribution in [2.45, 2.75) is 26.3 Å². The van der Waals surface area contributed by atoms with Crippen LogP contribution >= 0.6 is 11.6 Å². The van der Waals surface area contributed by atoms with Gasteiger partial charge >= 0.3 is 0 Å². The number of amides is 2. The summed E-state index contributed by atoms with van der Waals surface area (Å²) >= 11 is 5.57. The van der Waals surface area contributed by atoms with Crippen molar-refractivity contribution in [3.05, 3.63) is 64.4 Å². The van der Waals surface area contributed by atoms with Crippen LogP contribution in [0.1, 0.15) is 24.0 Å². The number of anilines is 1. The maximum atomic E-state index is 12.7. The fourth-order valence-corrected chi connectivity index (χ4v) is 2.89. The second-order valence-corrected chi connectivity index (χ2v) is 6.15. The second-order valence-electron chi connectivity index (χ2n) is 5.71. The molecule has 2 N–H and O–H groups in total. The van der Waals surface area contributed by atoms with Crippen LogP contribution in [0.15, 0.2) is 42.5 Å². The Hall–Kier alpha value is -2.44. The third-order valence-electron chi connectivity index (χ3n) is 3.79. The topological polar surface area (TPSA) is 69.6 Å². The molecule has 2 amide bonds. The quantitative estimate of drug-likeness (QED) is 0.780. The molecular weight excluding hydrogens is 371 g/mol. The summed E-state index contributed by atoms with van der Waals surface area (Å²) in [6, 6.07) is 12.2. The number of hydrogen-bond donors (Lipinski definition) is 2. The van der Waals surface area contributed by atoms with Gasteiger partial charge in [-0.1, -0.05) is 29.8 Å². The van der Waals surface area contributed by atoms with Crippen LogP contribution in [-0.4, -0.2) is 31.1 Å². The number of para-hydroxylation sites is 1.